The molecule has 1 N–H and O–H groups in total. The Labute approximate surface area is 163 Å². The van der Waals surface area contributed by atoms with Gasteiger partial charge in [-0.1, -0.05) is 42.1 Å². The van der Waals surface area contributed by atoms with Crippen LogP contribution in [0.1, 0.15) is 19.4 Å². The number of anilines is 2. The average molecular weight is 379 g/mol. The van der Waals surface area contributed by atoms with E-state index in [1.807, 2.05) is 61.3 Å². The lowest BCUT2D eigenvalue weighted by molar-refractivity contribution is -0.118. The van der Waals surface area contributed by atoms with E-state index < -0.39 is 0 Å². The number of nitrogens with zero attached hydrogens (tertiary/aromatic N) is 3. The summed E-state index contributed by atoms with van der Waals surface area (Å²) in [5, 5.41) is 4.44. The van der Waals surface area contributed by atoms with Gasteiger partial charge in [-0.2, -0.15) is 0 Å². The van der Waals surface area contributed by atoms with Gasteiger partial charge in [0.1, 0.15) is 5.82 Å². The molecule has 2 heterocycles. The van der Waals surface area contributed by atoms with Crippen molar-refractivity contribution >= 4 is 40.1 Å². The Morgan fingerprint density at radius 2 is 1.93 bits per heavy atom. The zero-order valence-electron chi connectivity index (χ0n) is 15.6. The first-order chi connectivity index (χ1) is 13.1. The van der Waals surface area contributed by atoms with E-state index in [0.29, 0.717) is 5.16 Å². The lowest BCUT2D eigenvalue weighted by Gasteiger charge is -2.25. The van der Waals surface area contributed by atoms with Crippen LogP contribution in [0.15, 0.2) is 53.7 Å². The van der Waals surface area contributed by atoms with Crippen LogP contribution in [0.3, 0.4) is 0 Å². The Morgan fingerprint density at radius 1 is 1.19 bits per heavy atom. The fourth-order valence-electron chi connectivity index (χ4n) is 3.60. The molecule has 0 spiro atoms. The van der Waals surface area contributed by atoms with Gasteiger partial charge in [-0.15, -0.1) is 0 Å². The third-order valence-electron chi connectivity index (χ3n) is 4.89. The number of nitrogens with one attached hydrogen (secondary N) is 1. The molecule has 3 aromatic rings. The lowest BCUT2D eigenvalue weighted by atomic mass is 10.1. The Kier molecular flexibility index (Phi) is 4.74. The highest BCUT2D eigenvalue weighted by Gasteiger charge is 2.33. The van der Waals surface area contributed by atoms with E-state index in [4.69, 9.17) is 0 Å². The zero-order chi connectivity index (χ0) is 19.0. The standard InChI is InChI=1S/C21H22N4OS/c1-13-12-15-8-4-7-11-18(15)25(13)20(26)14(2)27-21-23-17-10-6-5-9-16(17)19(22-3)24-21/h4-11,13-14H,12H2,1-3H3,(H,22,23,24)/t13-,14+/m1/s1. The maximum absolute atomic E-state index is 13.2. The Balaban J connectivity index is 1.60. The molecular formula is C21H22N4OS. The molecule has 27 heavy (non-hydrogen) atoms. The Hall–Kier alpha value is -2.60. The number of thioether (sulfide) groups is 1. The molecule has 1 aliphatic heterocycles. The minimum atomic E-state index is -0.274. The topological polar surface area (TPSA) is 58.1 Å². The molecule has 1 amide bonds. The quantitative estimate of drug-likeness (QED) is 0.546. The van der Waals surface area contributed by atoms with E-state index in [2.05, 4.69) is 28.3 Å². The molecule has 0 aliphatic carbocycles. The van der Waals surface area contributed by atoms with Crippen molar-refractivity contribution < 1.29 is 4.79 Å². The van der Waals surface area contributed by atoms with Crippen LogP contribution >= 0.6 is 11.8 Å². The van der Waals surface area contributed by atoms with Gasteiger partial charge in [0.2, 0.25) is 5.91 Å². The van der Waals surface area contributed by atoms with Gasteiger partial charge in [-0.05, 0) is 44.0 Å². The van der Waals surface area contributed by atoms with Gasteiger partial charge >= 0.3 is 0 Å². The summed E-state index contributed by atoms with van der Waals surface area (Å²) in [7, 11) is 1.85. The van der Waals surface area contributed by atoms with Crippen LogP contribution in [0, 0.1) is 0 Å². The number of fused-ring (bicyclic) bond motifs is 2. The second-order valence-corrected chi connectivity index (χ2v) is 8.08. The van der Waals surface area contributed by atoms with Gasteiger partial charge in [0.15, 0.2) is 5.16 Å². The fraction of sp³-hybridized carbons (Fsp3) is 0.286. The van der Waals surface area contributed by atoms with Crippen molar-refractivity contribution in [2.75, 3.05) is 17.3 Å². The van der Waals surface area contributed by atoms with Crippen LogP contribution in [-0.4, -0.2) is 34.2 Å². The molecule has 2 aromatic carbocycles. The van der Waals surface area contributed by atoms with Crippen LogP contribution in [0.4, 0.5) is 11.5 Å². The molecule has 1 aliphatic rings. The second kappa shape index (κ2) is 7.19. The van der Waals surface area contributed by atoms with Gasteiger partial charge in [0.25, 0.3) is 0 Å². The highest BCUT2D eigenvalue weighted by atomic mass is 32.2. The molecule has 138 valence electrons. The summed E-state index contributed by atoms with van der Waals surface area (Å²) < 4.78 is 0. The average Bonchev–Trinajstić information content (AvgIpc) is 3.02. The normalized spacial score (nSPS) is 17.0. The predicted molar refractivity (Wildman–Crippen MR) is 111 cm³/mol. The summed E-state index contributed by atoms with van der Waals surface area (Å²) in [6, 6.07) is 16.2. The monoisotopic (exact) mass is 378 g/mol. The van der Waals surface area contributed by atoms with Crippen LogP contribution in [-0.2, 0) is 11.2 Å². The Morgan fingerprint density at radius 3 is 2.74 bits per heavy atom. The molecular weight excluding hydrogens is 356 g/mol. The van der Waals surface area contributed by atoms with Gasteiger partial charge in [-0.25, -0.2) is 9.97 Å². The fourth-order valence-corrected chi connectivity index (χ4v) is 4.43. The minimum Gasteiger partial charge on any atom is -0.372 e. The van der Waals surface area contributed by atoms with Gasteiger partial charge in [0.05, 0.1) is 10.8 Å². The molecule has 2 atom stereocenters. The van der Waals surface area contributed by atoms with E-state index >= 15 is 0 Å². The number of rotatable bonds is 4. The predicted octanol–water partition coefficient (Wildman–Crippen LogP) is 4.13. The summed E-state index contributed by atoms with van der Waals surface area (Å²) in [4.78, 5) is 24.3. The molecule has 4 rings (SSSR count). The molecule has 0 saturated heterocycles. The number of carbonyl (C=O) groups is 1. The van der Waals surface area contributed by atoms with E-state index in [1.54, 1.807) is 0 Å². The number of carbonyl (C=O) groups excluding carboxylic acids is 1. The maximum Gasteiger partial charge on any atom is 0.240 e. The van der Waals surface area contributed by atoms with E-state index in [0.717, 1.165) is 28.8 Å². The minimum absolute atomic E-state index is 0.0974. The first-order valence-electron chi connectivity index (χ1n) is 9.10. The molecule has 0 unspecified atom stereocenters. The maximum atomic E-state index is 13.2. The smallest absolute Gasteiger partial charge is 0.240 e. The highest BCUT2D eigenvalue weighted by molar-refractivity contribution is 8.00. The van der Waals surface area contributed by atoms with Crippen LogP contribution in [0.2, 0.25) is 0 Å². The van der Waals surface area contributed by atoms with Gasteiger partial charge in [-0.3, -0.25) is 4.79 Å². The Bertz CT molecular complexity index is 1010. The summed E-state index contributed by atoms with van der Waals surface area (Å²) in [6.45, 7) is 4.03. The van der Waals surface area contributed by atoms with Crippen molar-refractivity contribution in [1.82, 2.24) is 9.97 Å². The third-order valence-corrected chi connectivity index (χ3v) is 5.84. The van der Waals surface area contributed by atoms with E-state index in [1.165, 1.54) is 17.3 Å². The van der Waals surface area contributed by atoms with E-state index in [9.17, 15) is 4.79 Å². The van der Waals surface area contributed by atoms with Crippen LogP contribution < -0.4 is 10.2 Å². The molecule has 0 fully saturated rings. The van der Waals surface area contributed by atoms with Gasteiger partial charge < -0.3 is 10.2 Å². The molecule has 6 heteroatoms. The third kappa shape index (κ3) is 3.25. The molecule has 1 aromatic heterocycles. The lowest BCUT2D eigenvalue weighted by Crippen LogP contribution is -2.40. The molecule has 0 bridgehead atoms. The van der Waals surface area contributed by atoms with Crippen molar-refractivity contribution in [2.24, 2.45) is 0 Å². The van der Waals surface area contributed by atoms with Crippen molar-refractivity contribution in [1.29, 1.82) is 0 Å². The first-order valence-corrected chi connectivity index (χ1v) is 9.98. The number of hydrogen-bond donors (Lipinski definition) is 1. The summed E-state index contributed by atoms with van der Waals surface area (Å²) in [5.41, 5.74) is 3.13. The van der Waals surface area contributed by atoms with Crippen molar-refractivity contribution in [2.45, 2.75) is 36.7 Å². The second-order valence-electron chi connectivity index (χ2n) is 6.77. The van der Waals surface area contributed by atoms with Gasteiger partial charge in [0, 0.05) is 24.2 Å². The summed E-state index contributed by atoms with van der Waals surface area (Å²) in [6.07, 6.45) is 0.898. The molecule has 0 radical (unpaired) electrons. The summed E-state index contributed by atoms with van der Waals surface area (Å²) >= 11 is 1.41. The van der Waals surface area contributed by atoms with E-state index in [-0.39, 0.29) is 17.2 Å². The van der Waals surface area contributed by atoms with Crippen molar-refractivity contribution in [3.63, 3.8) is 0 Å². The van der Waals surface area contributed by atoms with Crippen molar-refractivity contribution in [3.8, 4) is 0 Å². The molecule has 0 saturated carbocycles. The number of para-hydroxylation sites is 2. The SMILES string of the molecule is CNc1nc(S[C@@H](C)C(=O)N2c3ccccc3C[C@H]2C)nc2ccccc12. The number of hydrogen-bond acceptors (Lipinski definition) is 5. The number of amides is 1. The summed E-state index contributed by atoms with van der Waals surface area (Å²) in [5.74, 6) is 0.878. The largest absolute Gasteiger partial charge is 0.372 e. The van der Waals surface area contributed by atoms with Crippen molar-refractivity contribution in [3.05, 3.63) is 54.1 Å². The first kappa shape index (κ1) is 17.8. The molecule has 5 nitrogen and oxygen atoms in total. The number of aromatic nitrogens is 2. The zero-order valence-corrected chi connectivity index (χ0v) is 16.5. The number of benzene rings is 2. The van der Waals surface area contributed by atoms with Crippen LogP contribution in [0.25, 0.3) is 10.9 Å². The van der Waals surface area contributed by atoms with Crippen LogP contribution in [0.5, 0.6) is 0 Å². The highest BCUT2D eigenvalue weighted by Crippen LogP contribution is 2.35.